The number of hydrogen-bond acceptors (Lipinski definition) is 6. The molecule has 1 unspecified atom stereocenters. The number of halogens is 1. The van der Waals surface area contributed by atoms with Gasteiger partial charge in [-0.15, -0.1) is 11.6 Å². The summed E-state index contributed by atoms with van der Waals surface area (Å²) in [4.78, 5) is 30.1. The van der Waals surface area contributed by atoms with E-state index >= 15 is 0 Å². The van der Waals surface area contributed by atoms with E-state index in [9.17, 15) is 0 Å². The van der Waals surface area contributed by atoms with Crippen molar-refractivity contribution in [1.82, 2.24) is 0 Å². The van der Waals surface area contributed by atoms with E-state index in [2.05, 4.69) is 6.92 Å². The maximum absolute atomic E-state index is 5.83. The van der Waals surface area contributed by atoms with Gasteiger partial charge in [-0.3, -0.25) is 0 Å². The van der Waals surface area contributed by atoms with Crippen LogP contribution in [0.5, 0.6) is 0 Å². The lowest BCUT2D eigenvalue weighted by molar-refractivity contribution is -0.635. The molecular weight excluding hydrogens is 324 g/mol. The summed E-state index contributed by atoms with van der Waals surface area (Å²) in [6.07, 6.45) is 9.59. The fourth-order valence-electron chi connectivity index (χ4n) is 2.59. The van der Waals surface area contributed by atoms with E-state index < -0.39 is 5.97 Å². The Morgan fingerprint density at radius 2 is 1.22 bits per heavy atom. The highest BCUT2D eigenvalue weighted by molar-refractivity contribution is 6.17. The Balaban J connectivity index is 4.68. The molecule has 0 rings (SSSR count). The van der Waals surface area contributed by atoms with Gasteiger partial charge in [0.1, 0.15) is 0 Å². The van der Waals surface area contributed by atoms with E-state index in [1.165, 1.54) is 47.0 Å². The van der Waals surface area contributed by atoms with Crippen LogP contribution in [0.25, 0.3) is 0 Å². The zero-order chi connectivity index (χ0) is 17.4. The third-order valence-electron chi connectivity index (χ3n) is 3.69. The van der Waals surface area contributed by atoms with Crippen LogP contribution in [0.3, 0.4) is 0 Å². The topological polar surface area (TPSA) is 55.4 Å². The van der Waals surface area contributed by atoms with Crippen molar-refractivity contribution in [2.24, 2.45) is 5.92 Å². The van der Waals surface area contributed by atoms with E-state index in [4.69, 9.17) is 40.9 Å². The lowest BCUT2D eigenvalue weighted by Crippen LogP contribution is -2.46. The van der Waals surface area contributed by atoms with Crippen LogP contribution in [0.2, 0.25) is 0 Å². The first-order chi connectivity index (χ1) is 11.2. The van der Waals surface area contributed by atoms with Gasteiger partial charge in [-0.1, -0.05) is 45.4 Å². The molecule has 1 atom stereocenters. The average Bonchev–Trinajstić information content (AvgIpc) is 2.54. The van der Waals surface area contributed by atoms with Gasteiger partial charge in [-0.2, -0.15) is 14.7 Å². The Hall–Kier alpha value is 0.0500. The summed E-state index contributed by atoms with van der Waals surface area (Å²) in [5.74, 6) is -1.14. The molecule has 0 bridgehead atoms. The van der Waals surface area contributed by atoms with Gasteiger partial charge in [0.15, 0.2) is 0 Å². The fraction of sp³-hybridized carbons (Fsp3) is 1.00. The van der Waals surface area contributed by atoms with Crippen molar-refractivity contribution in [2.75, 3.05) is 27.2 Å². The summed E-state index contributed by atoms with van der Waals surface area (Å²) in [7, 11) is 4.16. The van der Waals surface area contributed by atoms with Crippen LogP contribution in [0.15, 0.2) is 0 Å². The summed E-state index contributed by atoms with van der Waals surface area (Å²) in [6, 6.07) is 0. The van der Waals surface area contributed by atoms with Gasteiger partial charge in [0.2, 0.25) is 0 Å². The van der Waals surface area contributed by atoms with Gasteiger partial charge in [0.05, 0.1) is 21.3 Å². The van der Waals surface area contributed by atoms with Crippen molar-refractivity contribution < 1.29 is 29.3 Å². The summed E-state index contributed by atoms with van der Waals surface area (Å²) in [5.41, 5.74) is 0. The maximum Gasteiger partial charge on any atom is 0.368 e. The van der Waals surface area contributed by atoms with E-state index in [1.54, 1.807) is 0 Å². The molecule has 0 aromatic rings. The summed E-state index contributed by atoms with van der Waals surface area (Å²) >= 11 is 5.83. The largest absolute Gasteiger partial charge is 0.368 e. The highest BCUT2D eigenvalue weighted by atomic mass is 35.5. The van der Waals surface area contributed by atoms with Crippen molar-refractivity contribution in [1.29, 1.82) is 0 Å². The molecule has 0 aromatic carbocycles. The third kappa shape index (κ3) is 9.82. The maximum atomic E-state index is 5.83. The predicted octanol–water partition coefficient (Wildman–Crippen LogP) is 4.76. The van der Waals surface area contributed by atoms with Crippen LogP contribution in [0, 0.1) is 5.92 Å². The number of rotatable bonds is 17. The Labute approximate surface area is 145 Å². The average molecular weight is 357 g/mol. The molecule has 0 fully saturated rings. The molecule has 0 aromatic heterocycles. The third-order valence-corrected chi connectivity index (χ3v) is 3.96. The molecule has 0 amide bonds. The van der Waals surface area contributed by atoms with E-state index in [-0.39, 0.29) is 5.92 Å². The second-order valence-corrected chi connectivity index (χ2v) is 5.82. The van der Waals surface area contributed by atoms with Gasteiger partial charge in [-0.05, 0) is 19.3 Å². The molecule has 0 aliphatic carbocycles. The molecule has 0 radical (unpaired) electrons. The van der Waals surface area contributed by atoms with Crippen LogP contribution in [0.4, 0.5) is 0 Å². The standard InChI is InChI=1S/C16H33ClO6/c1-5-6-7-8-9-10-12-15(13-11-14-17)16(21-18-2,22-19-3)23-20-4/h15H,5-14H2,1-4H3. The second kappa shape index (κ2) is 15.6. The predicted molar refractivity (Wildman–Crippen MR) is 88.5 cm³/mol. The smallest absolute Gasteiger partial charge is 0.235 e. The van der Waals surface area contributed by atoms with Gasteiger partial charge >= 0.3 is 5.97 Å². The Morgan fingerprint density at radius 3 is 1.70 bits per heavy atom. The normalized spacial score (nSPS) is 13.4. The number of alkyl halides is 1. The van der Waals surface area contributed by atoms with E-state index in [0.29, 0.717) is 5.88 Å². The molecule has 0 saturated carbocycles. The van der Waals surface area contributed by atoms with Crippen molar-refractivity contribution >= 4 is 11.6 Å². The van der Waals surface area contributed by atoms with Gasteiger partial charge in [0.25, 0.3) is 0 Å². The Morgan fingerprint density at radius 1 is 0.739 bits per heavy atom. The van der Waals surface area contributed by atoms with Crippen LogP contribution >= 0.6 is 11.6 Å². The van der Waals surface area contributed by atoms with Crippen molar-refractivity contribution in [3.05, 3.63) is 0 Å². The highest BCUT2D eigenvalue weighted by Crippen LogP contribution is 2.34. The van der Waals surface area contributed by atoms with Gasteiger partial charge in [-0.25, -0.2) is 14.7 Å². The van der Waals surface area contributed by atoms with Crippen LogP contribution in [-0.2, 0) is 29.3 Å². The van der Waals surface area contributed by atoms with Crippen molar-refractivity contribution in [3.8, 4) is 0 Å². The SMILES string of the molecule is CCCCCCCCC(CCCCl)C(OOC)(OOC)OOC. The molecule has 0 saturated heterocycles. The first-order valence-electron chi connectivity index (χ1n) is 8.42. The summed E-state index contributed by atoms with van der Waals surface area (Å²) < 4.78 is 0. The highest BCUT2D eigenvalue weighted by Gasteiger charge is 2.46. The molecule has 140 valence electrons. The zero-order valence-electron chi connectivity index (χ0n) is 15.0. The molecule has 0 N–H and O–H groups in total. The van der Waals surface area contributed by atoms with Crippen LogP contribution in [0.1, 0.15) is 64.7 Å². The van der Waals surface area contributed by atoms with E-state index in [1.807, 2.05) is 0 Å². The first kappa shape index (κ1) is 23.1. The molecule has 0 heterocycles. The number of unbranched alkanes of at least 4 members (excludes halogenated alkanes) is 5. The lowest BCUT2D eigenvalue weighted by Gasteiger charge is -2.34. The van der Waals surface area contributed by atoms with Gasteiger partial charge < -0.3 is 0 Å². The Bertz CT molecular complexity index is 238. The molecule has 0 spiro atoms. The van der Waals surface area contributed by atoms with Gasteiger partial charge in [0, 0.05) is 11.8 Å². The molecular formula is C16H33ClO6. The van der Waals surface area contributed by atoms with E-state index in [0.717, 1.165) is 32.1 Å². The summed E-state index contributed by atoms with van der Waals surface area (Å²) in [6.45, 7) is 2.21. The molecule has 6 nitrogen and oxygen atoms in total. The molecule has 7 heteroatoms. The lowest BCUT2D eigenvalue weighted by atomic mass is 9.93. The monoisotopic (exact) mass is 356 g/mol. The Kier molecular flexibility index (Phi) is 15.6. The van der Waals surface area contributed by atoms with Crippen molar-refractivity contribution in [3.63, 3.8) is 0 Å². The minimum atomic E-state index is -1.56. The first-order valence-corrected chi connectivity index (χ1v) is 8.95. The van der Waals surface area contributed by atoms with Crippen molar-refractivity contribution in [2.45, 2.75) is 70.7 Å². The van der Waals surface area contributed by atoms with Crippen LogP contribution < -0.4 is 0 Å². The molecule has 23 heavy (non-hydrogen) atoms. The minimum Gasteiger partial charge on any atom is -0.235 e. The quantitative estimate of drug-likeness (QED) is 0.123. The van der Waals surface area contributed by atoms with Crippen LogP contribution in [-0.4, -0.2) is 33.2 Å². The fourth-order valence-corrected chi connectivity index (χ4v) is 2.74. The minimum absolute atomic E-state index is 0.132. The number of hydrogen-bond donors (Lipinski definition) is 0. The molecule has 0 aliphatic heterocycles. The second-order valence-electron chi connectivity index (χ2n) is 5.44. The molecule has 0 aliphatic rings. The zero-order valence-corrected chi connectivity index (χ0v) is 15.7. The summed E-state index contributed by atoms with van der Waals surface area (Å²) in [5, 5.41) is 0.